The van der Waals surface area contributed by atoms with Crippen LogP contribution in [0.2, 0.25) is 0 Å². The smallest absolute Gasteiger partial charge is 0.161 e. The fraction of sp³-hybridized carbons (Fsp3) is 0.357. The molecule has 114 valence electrons. The number of hydrogen-bond acceptors (Lipinski definition) is 4. The second-order valence-electron chi connectivity index (χ2n) is 4.89. The standard InChI is InChI=1S/C14H15F2NO3S/c1-8-11(9(2)20-17-8)7-21(18,19)10(3)14-12(15)5-4-6-13(14)16/h4-6,10H,7H2,1-3H3/t10-/m0/s1. The first kappa shape index (κ1) is 15.6. The maximum absolute atomic E-state index is 13.7. The molecule has 0 N–H and O–H groups in total. The lowest BCUT2D eigenvalue weighted by molar-refractivity contribution is 0.392. The Kier molecular flexibility index (Phi) is 4.13. The van der Waals surface area contributed by atoms with Crippen molar-refractivity contribution in [2.24, 2.45) is 0 Å². The summed E-state index contributed by atoms with van der Waals surface area (Å²) in [5, 5.41) is 2.38. The summed E-state index contributed by atoms with van der Waals surface area (Å²) in [5.74, 6) is -1.73. The van der Waals surface area contributed by atoms with Gasteiger partial charge in [0.25, 0.3) is 0 Å². The lowest BCUT2D eigenvalue weighted by Gasteiger charge is -2.14. The molecule has 0 fully saturated rings. The molecule has 2 aromatic rings. The molecular formula is C14H15F2NO3S. The van der Waals surface area contributed by atoms with Crippen LogP contribution in [0.5, 0.6) is 0 Å². The minimum Gasteiger partial charge on any atom is -0.361 e. The predicted molar refractivity (Wildman–Crippen MR) is 73.4 cm³/mol. The molecule has 0 saturated heterocycles. The Bertz CT molecular complexity index is 729. The Morgan fingerprint density at radius 3 is 2.29 bits per heavy atom. The van der Waals surface area contributed by atoms with E-state index in [0.29, 0.717) is 17.0 Å². The van der Waals surface area contributed by atoms with Gasteiger partial charge in [-0.2, -0.15) is 0 Å². The van der Waals surface area contributed by atoms with Gasteiger partial charge in [0.2, 0.25) is 0 Å². The quantitative estimate of drug-likeness (QED) is 0.869. The molecule has 21 heavy (non-hydrogen) atoms. The summed E-state index contributed by atoms with van der Waals surface area (Å²) in [7, 11) is -3.81. The average Bonchev–Trinajstić information content (AvgIpc) is 2.70. The first-order valence-corrected chi connectivity index (χ1v) is 8.02. The largest absolute Gasteiger partial charge is 0.361 e. The van der Waals surface area contributed by atoms with Gasteiger partial charge in [-0.05, 0) is 32.9 Å². The molecule has 0 radical (unpaired) electrons. The zero-order chi connectivity index (χ0) is 15.8. The van der Waals surface area contributed by atoms with Crippen molar-refractivity contribution in [1.29, 1.82) is 0 Å². The van der Waals surface area contributed by atoms with Crippen LogP contribution >= 0.6 is 0 Å². The minimum absolute atomic E-state index is 0.372. The van der Waals surface area contributed by atoms with Gasteiger partial charge in [0.1, 0.15) is 17.4 Å². The lowest BCUT2D eigenvalue weighted by Crippen LogP contribution is -2.16. The van der Waals surface area contributed by atoms with Crippen molar-refractivity contribution in [1.82, 2.24) is 5.16 Å². The number of aromatic nitrogens is 1. The maximum Gasteiger partial charge on any atom is 0.161 e. The van der Waals surface area contributed by atoms with E-state index in [1.807, 2.05) is 0 Å². The van der Waals surface area contributed by atoms with E-state index in [9.17, 15) is 17.2 Å². The van der Waals surface area contributed by atoms with E-state index in [4.69, 9.17) is 4.52 Å². The van der Waals surface area contributed by atoms with Crippen molar-refractivity contribution < 1.29 is 21.7 Å². The molecule has 1 aromatic carbocycles. The van der Waals surface area contributed by atoms with Gasteiger partial charge in [-0.1, -0.05) is 11.2 Å². The fourth-order valence-corrected chi connectivity index (χ4v) is 3.76. The first-order valence-electron chi connectivity index (χ1n) is 6.31. The fourth-order valence-electron chi connectivity index (χ4n) is 2.11. The summed E-state index contributed by atoms with van der Waals surface area (Å²) in [6.07, 6.45) is 0. The SMILES string of the molecule is Cc1noc(C)c1CS(=O)(=O)[C@@H](C)c1c(F)cccc1F. The number of sulfone groups is 1. The summed E-state index contributed by atoms with van der Waals surface area (Å²) < 4.78 is 57.2. The zero-order valence-electron chi connectivity index (χ0n) is 11.9. The molecule has 0 amide bonds. The molecular weight excluding hydrogens is 300 g/mol. The van der Waals surface area contributed by atoms with Crippen LogP contribution in [0.15, 0.2) is 22.7 Å². The van der Waals surface area contributed by atoms with Crippen molar-refractivity contribution in [2.75, 3.05) is 0 Å². The van der Waals surface area contributed by atoms with E-state index in [1.54, 1.807) is 13.8 Å². The lowest BCUT2D eigenvalue weighted by atomic mass is 10.1. The number of nitrogens with zero attached hydrogens (tertiary/aromatic N) is 1. The molecule has 0 spiro atoms. The van der Waals surface area contributed by atoms with Crippen LogP contribution < -0.4 is 0 Å². The van der Waals surface area contributed by atoms with Crippen LogP contribution in [-0.4, -0.2) is 13.6 Å². The predicted octanol–water partition coefficient (Wildman–Crippen LogP) is 3.25. The number of benzene rings is 1. The van der Waals surface area contributed by atoms with Gasteiger partial charge in [0.05, 0.1) is 16.7 Å². The summed E-state index contributed by atoms with van der Waals surface area (Å²) in [6, 6.07) is 3.28. The summed E-state index contributed by atoms with van der Waals surface area (Å²) in [5.41, 5.74) is 0.445. The van der Waals surface area contributed by atoms with Crippen molar-refractivity contribution in [2.45, 2.75) is 31.8 Å². The Labute approximate surface area is 121 Å². The normalized spacial score (nSPS) is 13.4. The van der Waals surface area contributed by atoms with Gasteiger partial charge in [0.15, 0.2) is 9.84 Å². The molecule has 0 aliphatic heterocycles. The number of rotatable bonds is 4. The third-order valence-electron chi connectivity index (χ3n) is 3.47. The van der Waals surface area contributed by atoms with Crippen LogP contribution in [0.3, 0.4) is 0 Å². The number of aryl methyl sites for hydroxylation is 2. The van der Waals surface area contributed by atoms with Crippen molar-refractivity contribution >= 4 is 9.84 Å². The van der Waals surface area contributed by atoms with E-state index in [2.05, 4.69) is 5.16 Å². The molecule has 0 unspecified atom stereocenters. The third-order valence-corrected chi connectivity index (χ3v) is 5.48. The highest BCUT2D eigenvalue weighted by Crippen LogP contribution is 2.30. The van der Waals surface area contributed by atoms with Crippen molar-refractivity contribution in [3.8, 4) is 0 Å². The van der Waals surface area contributed by atoms with Gasteiger partial charge in [-0.25, -0.2) is 17.2 Å². The van der Waals surface area contributed by atoms with E-state index in [-0.39, 0.29) is 5.75 Å². The van der Waals surface area contributed by atoms with E-state index >= 15 is 0 Å². The molecule has 0 bridgehead atoms. The molecule has 0 aliphatic carbocycles. The number of hydrogen-bond donors (Lipinski definition) is 0. The van der Waals surface area contributed by atoms with E-state index < -0.39 is 32.3 Å². The Morgan fingerprint density at radius 1 is 1.24 bits per heavy atom. The van der Waals surface area contributed by atoms with Gasteiger partial charge in [-0.3, -0.25) is 0 Å². The second kappa shape index (κ2) is 5.55. The summed E-state index contributed by atoms with van der Waals surface area (Å²) in [6.45, 7) is 4.49. The minimum atomic E-state index is -3.81. The van der Waals surface area contributed by atoms with Gasteiger partial charge < -0.3 is 4.52 Å². The second-order valence-corrected chi connectivity index (χ2v) is 7.21. The van der Waals surface area contributed by atoms with Crippen LogP contribution in [0.25, 0.3) is 0 Å². The molecule has 7 heteroatoms. The molecule has 1 aromatic heterocycles. The van der Waals surface area contributed by atoms with Crippen LogP contribution in [0.4, 0.5) is 8.78 Å². The van der Waals surface area contributed by atoms with Gasteiger partial charge in [-0.15, -0.1) is 0 Å². The van der Waals surface area contributed by atoms with Gasteiger partial charge >= 0.3 is 0 Å². The Balaban J connectivity index is 2.40. The molecule has 1 atom stereocenters. The van der Waals surface area contributed by atoms with Crippen LogP contribution in [-0.2, 0) is 15.6 Å². The van der Waals surface area contributed by atoms with E-state index in [0.717, 1.165) is 12.1 Å². The van der Waals surface area contributed by atoms with Crippen molar-refractivity contribution in [3.05, 3.63) is 52.4 Å². The monoisotopic (exact) mass is 315 g/mol. The summed E-state index contributed by atoms with van der Waals surface area (Å²) >= 11 is 0. The zero-order valence-corrected chi connectivity index (χ0v) is 12.7. The van der Waals surface area contributed by atoms with Gasteiger partial charge in [0, 0.05) is 11.1 Å². The Hall–Kier alpha value is -1.76. The highest BCUT2D eigenvalue weighted by atomic mass is 32.2. The third kappa shape index (κ3) is 2.97. The molecule has 1 heterocycles. The van der Waals surface area contributed by atoms with Crippen LogP contribution in [0.1, 0.15) is 34.8 Å². The Morgan fingerprint density at radius 2 is 1.81 bits per heavy atom. The highest BCUT2D eigenvalue weighted by Gasteiger charge is 2.30. The van der Waals surface area contributed by atoms with Crippen molar-refractivity contribution in [3.63, 3.8) is 0 Å². The molecule has 4 nitrogen and oxygen atoms in total. The average molecular weight is 315 g/mol. The molecule has 0 aliphatic rings. The van der Waals surface area contributed by atoms with Crippen LogP contribution in [0, 0.1) is 25.5 Å². The molecule has 2 rings (SSSR count). The maximum atomic E-state index is 13.7. The molecule has 0 saturated carbocycles. The number of halogens is 2. The topological polar surface area (TPSA) is 60.2 Å². The van der Waals surface area contributed by atoms with E-state index in [1.165, 1.54) is 13.0 Å². The summed E-state index contributed by atoms with van der Waals surface area (Å²) in [4.78, 5) is 0. The highest BCUT2D eigenvalue weighted by molar-refractivity contribution is 7.90. The first-order chi connectivity index (χ1) is 9.74.